The van der Waals surface area contributed by atoms with Crippen molar-refractivity contribution in [3.05, 3.63) is 48.3 Å². The molecule has 1 atom stereocenters. The van der Waals surface area contributed by atoms with Crippen LogP contribution in [0.5, 0.6) is 5.75 Å². The lowest BCUT2D eigenvalue weighted by Crippen LogP contribution is -2.46. The first-order chi connectivity index (χ1) is 12.6. The Balaban J connectivity index is 1.72. The first-order valence-corrected chi connectivity index (χ1v) is 10.1. The number of methoxy groups -OCH3 is 1. The Morgan fingerprint density at radius 2 is 2.00 bits per heavy atom. The van der Waals surface area contributed by atoms with Gasteiger partial charge in [0.15, 0.2) is 0 Å². The highest BCUT2D eigenvalue weighted by Gasteiger charge is 2.40. The van der Waals surface area contributed by atoms with Crippen LogP contribution < -0.4 is 14.4 Å². The van der Waals surface area contributed by atoms with Crippen molar-refractivity contribution in [2.24, 2.45) is 0 Å². The fourth-order valence-electron chi connectivity index (χ4n) is 3.62. The Morgan fingerprint density at radius 3 is 2.77 bits per heavy atom. The summed E-state index contributed by atoms with van der Waals surface area (Å²) in [7, 11) is -2.16. The lowest BCUT2D eigenvalue weighted by Gasteiger charge is -2.32. The number of hydrogen-bond acceptors (Lipinski definition) is 6. The number of piperazine rings is 1. The van der Waals surface area contributed by atoms with Gasteiger partial charge in [-0.15, -0.1) is 0 Å². The molecule has 1 fully saturated rings. The summed E-state index contributed by atoms with van der Waals surface area (Å²) in [5, 5.41) is 3.33. The third-order valence-electron chi connectivity index (χ3n) is 4.96. The highest BCUT2D eigenvalue weighted by Crippen LogP contribution is 2.40. The van der Waals surface area contributed by atoms with Crippen molar-refractivity contribution in [3.8, 4) is 5.75 Å². The lowest BCUT2D eigenvalue weighted by atomic mass is 10.1. The van der Waals surface area contributed by atoms with E-state index in [1.807, 2.05) is 6.07 Å². The number of rotatable bonds is 4. The molecule has 0 amide bonds. The van der Waals surface area contributed by atoms with Crippen LogP contribution in [0.1, 0.15) is 11.7 Å². The predicted molar refractivity (Wildman–Crippen MR) is 98.9 cm³/mol. The van der Waals surface area contributed by atoms with E-state index in [9.17, 15) is 8.42 Å². The van der Waals surface area contributed by atoms with Crippen molar-refractivity contribution in [2.75, 3.05) is 44.1 Å². The molecule has 1 saturated heterocycles. The van der Waals surface area contributed by atoms with Crippen LogP contribution >= 0.6 is 0 Å². The maximum absolute atomic E-state index is 13.3. The van der Waals surface area contributed by atoms with E-state index < -0.39 is 10.0 Å². The Labute approximate surface area is 153 Å². The molecule has 0 spiro atoms. The average molecular weight is 374 g/mol. The molecule has 1 aromatic heterocycles. The summed E-state index contributed by atoms with van der Waals surface area (Å²) in [6.45, 7) is 3.95. The Kier molecular flexibility index (Phi) is 4.56. The van der Waals surface area contributed by atoms with Crippen molar-refractivity contribution in [3.63, 3.8) is 0 Å². The van der Waals surface area contributed by atoms with Crippen LogP contribution in [0.25, 0.3) is 0 Å². The summed E-state index contributed by atoms with van der Waals surface area (Å²) in [6.07, 6.45) is 1.73. The first kappa shape index (κ1) is 17.3. The summed E-state index contributed by atoms with van der Waals surface area (Å²) in [6, 6.07) is 10.2. The Bertz CT molecular complexity index is 897. The van der Waals surface area contributed by atoms with E-state index in [-0.39, 0.29) is 10.9 Å². The van der Waals surface area contributed by atoms with Crippen LogP contribution in [0.15, 0.2) is 47.5 Å². The number of sulfonamides is 1. The quantitative estimate of drug-likeness (QED) is 0.868. The number of hydrogen-bond donors (Lipinski definition) is 1. The SMILES string of the molecule is COc1cccc(S(=O)(=O)N2CC(N3CCNCC3)c3ncccc32)c1. The highest BCUT2D eigenvalue weighted by molar-refractivity contribution is 7.92. The normalized spacial score (nSPS) is 20.8. The van der Waals surface area contributed by atoms with Crippen LogP contribution in [0, 0.1) is 0 Å². The van der Waals surface area contributed by atoms with Crippen molar-refractivity contribution < 1.29 is 13.2 Å². The van der Waals surface area contributed by atoms with E-state index in [0.29, 0.717) is 18.0 Å². The van der Waals surface area contributed by atoms with Crippen LogP contribution in [-0.2, 0) is 10.0 Å². The summed E-state index contributed by atoms with van der Waals surface area (Å²) in [4.78, 5) is 7.05. The second-order valence-electron chi connectivity index (χ2n) is 6.42. The van der Waals surface area contributed by atoms with Crippen LogP contribution in [0.4, 0.5) is 5.69 Å². The number of pyridine rings is 1. The molecule has 2 aromatic rings. The fraction of sp³-hybridized carbons (Fsp3) is 0.389. The number of ether oxygens (including phenoxy) is 1. The summed E-state index contributed by atoms with van der Waals surface area (Å²) < 4.78 is 33.3. The van der Waals surface area contributed by atoms with Gasteiger partial charge in [-0.2, -0.15) is 0 Å². The zero-order valence-electron chi connectivity index (χ0n) is 14.6. The fourth-order valence-corrected chi connectivity index (χ4v) is 5.14. The van der Waals surface area contributed by atoms with Crippen molar-refractivity contribution >= 4 is 15.7 Å². The van der Waals surface area contributed by atoms with E-state index in [4.69, 9.17) is 4.74 Å². The molecule has 138 valence electrons. The van der Waals surface area contributed by atoms with Gasteiger partial charge in [0.1, 0.15) is 5.75 Å². The largest absolute Gasteiger partial charge is 0.497 e. The van der Waals surface area contributed by atoms with Gasteiger partial charge in [-0.05, 0) is 24.3 Å². The van der Waals surface area contributed by atoms with E-state index >= 15 is 0 Å². The Hall–Kier alpha value is -2.16. The molecule has 2 aliphatic rings. The molecule has 1 N–H and O–H groups in total. The Morgan fingerprint density at radius 1 is 1.19 bits per heavy atom. The number of anilines is 1. The molecule has 26 heavy (non-hydrogen) atoms. The molecule has 0 bridgehead atoms. The zero-order valence-corrected chi connectivity index (χ0v) is 15.4. The molecule has 2 aliphatic heterocycles. The van der Waals surface area contributed by atoms with E-state index in [2.05, 4.69) is 15.2 Å². The minimum absolute atomic E-state index is 0.0197. The molecule has 8 heteroatoms. The molecular weight excluding hydrogens is 352 g/mol. The summed E-state index contributed by atoms with van der Waals surface area (Å²) >= 11 is 0. The molecule has 1 aromatic carbocycles. The zero-order chi connectivity index (χ0) is 18.1. The van der Waals surface area contributed by atoms with Gasteiger partial charge in [-0.3, -0.25) is 14.2 Å². The van der Waals surface area contributed by atoms with Gasteiger partial charge in [0.25, 0.3) is 10.0 Å². The monoisotopic (exact) mass is 374 g/mol. The number of fused-ring (bicyclic) bond motifs is 1. The van der Waals surface area contributed by atoms with Crippen LogP contribution in [0.3, 0.4) is 0 Å². The van der Waals surface area contributed by atoms with Crippen LogP contribution in [0.2, 0.25) is 0 Å². The third-order valence-corrected chi connectivity index (χ3v) is 6.74. The molecule has 1 unspecified atom stereocenters. The second kappa shape index (κ2) is 6.86. The molecule has 7 nitrogen and oxygen atoms in total. The number of aromatic nitrogens is 1. The van der Waals surface area contributed by atoms with Crippen molar-refractivity contribution in [1.29, 1.82) is 0 Å². The van der Waals surface area contributed by atoms with Crippen molar-refractivity contribution in [2.45, 2.75) is 10.9 Å². The average Bonchev–Trinajstić information content (AvgIpc) is 3.09. The van der Waals surface area contributed by atoms with Crippen molar-refractivity contribution in [1.82, 2.24) is 15.2 Å². The molecule has 0 aliphatic carbocycles. The predicted octanol–water partition coefficient (Wildman–Crippen LogP) is 1.25. The topological polar surface area (TPSA) is 74.8 Å². The number of nitrogens with zero attached hydrogens (tertiary/aromatic N) is 3. The lowest BCUT2D eigenvalue weighted by molar-refractivity contribution is 0.181. The highest BCUT2D eigenvalue weighted by atomic mass is 32.2. The minimum Gasteiger partial charge on any atom is -0.497 e. The number of nitrogens with one attached hydrogen (secondary N) is 1. The van der Waals surface area contributed by atoms with E-state index in [0.717, 1.165) is 31.9 Å². The van der Waals surface area contributed by atoms with Gasteiger partial charge in [-0.1, -0.05) is 6.07 Å². The first-order valence-electron chi connectivity index (χ1n) is 8.68. The van der Waals surface area contributed by atoms with Gasteiger partial charge in [0, 0.05) is 38.4 Å². The molecular formula is C18H22N4O3S. The molecule has 4 rings (SSSR count). The summed E-state index contributed by atoms with van der Waals surface area (Å²) in [5.41, 5.74) is 1.50. The van der Waals surface area contributed by atoms with E-state index in [1.54, 1.807) is 36.5 Å². The molecule has 0 radical (unpaired) electrons. The van der Waals surface area contributed by atoms with Gasteiger partial charge >= 0.3 is 0 Å². The smallest absolute Gasteiger partial charge is 0.264 e. The van der Waals surface area contributed by atoms with E-state index in [1.165, 1.54) is 11.4 Å². The van der Waals surface area contributed by atoms with Gasteiger partial charge in [0.05, 0.1) is 36.0 Å². The van der Waals surface area contributed by atoms with Crippen LogP contribution in [-0.4, -0.2) is 58.1 Å². The van der Waals surface area contributed by atoms with Gasteiger partial charge in [-0.25, -0.2) is 8.42 Å². The third kappa shape index (κ3) is 2.94. The molecule has 0 saturated carbocycles. The second-order valence-corrected chi connectivity index (χ2v) is 8.29. The standard InChI is InChI=1S/C18H22N4O3S/c1-25-14-4-2-5-15(12-14)26(23,24)22-13-17(21-10-8-19-9-11-21)18-16(22)6-3-7-20-18/h2-7,12,17,19H,8-11,13H2,1H3. The minimum atomic E-state index is -3.69. The summed E-state index contributed by atoms with van der Waals surface area (Å²) in [5.74, 6) is 0.523. The van der Waals surface area contributed by atoms with Gasteiger partial charge in [0.2, 0.25) is 0 Å². The van der Waals surface area contributed by atoms with Gasteiger partial charge < -0.3 is 10.1 Å². The maximum Gasteiger partial charge on any atom is 0.264 e. The molecule has 3 heterocycles. The number of benzene rings is 1. The maximum atomic E-state index is 13.3.